The predicted octanol–water partition coefficient (Wildman–Crippen LogP) is 5.01. The van der Waals surface area contributed by atoms with E-state index in [1.54, 1.807) is 0 Å². The van der Waals surface area contributed by atoms with Gasteiger partial charge in [0.25, 0.3) is 0 Å². The summed E-state index contributed by atoms with van der Waals surface area (Å²) < 4.78 is 1.10. The lowest BCUT2D eigenvalue weighted by molar-refractivity contribution is -0.116. The smallest absolute Gasteiger partial charge is 0.224 e. The summed E-state index contributed by atoms with van der Waals surface area (Å²) in [5.74, 6) is 0.111. The second-order valence-electron chi connectivity index (χ2n) is 5.27. The number of amides is 1. The van der Waals surface area contributed by atoms with Gasteiger partial charge in [-0.1, -0.05) is 56.1 Å². The van der Waals surface area contributed by atoms with Crippen LogP contribution in [0.1, 0.15) is 27.9 Å². The fraction of sp³-hybridized carbons (Fsp3) is 0.235. The lowest BCUT2D eigenvalue weighted by Gasteiger charge is -2.19. The van der Waals surface area contributed by atoms with E-state index in [-0.39, 0.29) is 10.7 Å². The molecule has 1 atom stereocenters. The highest BCUT2D eigenvalue weighted by Gasteiger charge is 2.17. The third kappa shape index (κ3) is 3.55. The number of aryl methyl sites for hydroxylation is 1. The first kappa shape index (κ1) is 14.8. The second-order valence-corrected chi connectivity index (χ2v) is 7.29. The number of alkyl halides is 1. The predicted molar refractivity (Wildman–Crippen MR) is 92.9 cm³/mol. The summed E-state index contributed by atoms with van der Waals surface area (Å²) >= 11 is 7.29. The Bertz CT molecular complexity index is 684. The minimum Gasteiger partial charge on any atom is -0.326 e. The fourth-order valence-corrected chi connectivity index (χ4v) is 3.69. The number of hydrogen-bond acceptors (Lipinski definition) is 1. The molecule has 0 aliphatic carbocycles. The van der Waals surface area contributed by atoms with Crippen LogP contribution in [0.5, 0.6) is 0 Å². The van der Waals surface area contributed by atoms with E-state index < -0.39 is 0 Å². The van der Waals surface area contributed by atoms with E-state index in [2.05, 4.69) is 67.5 Å². The van der Waals surface area contributed by atoms with Crippen molar-refractivity contribution in [1.82, 2.24) is 0 Å². The number of fused-ring (bicyclic) bond motifs is 1. The molecule has 0 radical (unpaired) electrons. The van der Waals surface area contributed by atoms with E-state index in [0.717, 1.165) is 23.0 Å². The van der Waals surface area contributed by atoms with E-state index in [1.807, 2.05) is 12.1 Å². The first-order chi connectivity index (χ1) is 10.1. The molecule has 0 saturated carbocycles. The molecule has 1 heterocycles. The number of rotatable bonds is 3. The van der Waals surface area contributed by atoms with Crippen molar-refractivity contribution in [1.29, 1.82) is 0 Å². The normalized spacial score (nSPS) is 15.2. The van der Waals surface area contributed by atoms with Crippen LogP contribution < -0.4 is 5.32 Å². The van der Waals surface area contributed by atoms with E-state index in [0.29, 0.717) is 6.42 Å². The number of hydrogen-bond donors (Lipinski definition) is 1. The average Bonchev–Trinajstić information content (AvgIpc) is 2.46. The molecule has 2 aromatic carbocycles. The molecule has 1 aliphatic rings. The van der Waals surface area contributed by atoms with Gasteiger partial charge in [0.1, 0.15) is 0 Å². The van der Waals surface area contributed by atoms with Crippen molar-refractivity contribution in [2.75, 3.05) is 5.32 Å². The summed E-state index contributed by atoms with van der Waals surface area (Å²) in [5, 5.41) is 2.92. The maximum Gasteiger partial charge on any atom is 0.224 e. The third-order valence-corrected chi connectivity index (χ3v) is 5.04. The fourth-order valence-electron chi connectivity index (χ4n) is 2.59. The van der Waals surface area contributed by atoms with E-state index in [4.69, 9.17) is 0 Å². The Labute approximate surface area is 141 Å². The number of nitrogens with one attached hydrogen (secondary N) is 1. The summed E-state index contributed by atoms with van der Waals surface area (Å²) in [6.45, 7) is 0. The minimum atomic E-state index is 0.111. The first-order valence-corrected chi connectivity index (χ1v) is 8.64. The SMILES string of the molecule is O=C1CCc2cc(C(Br)Cc3cccc(Br)c3)ccc2N1. The Hall–Kier alpha value is -1.13. The average molecular weight is 409 g/mol. The Balaban J connectivity index is 1.79. The zero-order valence-corrected chi connectivity index (χ0v) is 14.6. The summed E-state index contributed by atoms with van der Waals surface area (Å²) in [6, 6.07) is 14.7. The van der Waals surface area contributed by atoms with Crippen LogP contribution in [0.3, 0.4) is 0 Å². The van der Waals surface area contributed by atoms with Crippen molar-refractivity contribution in [2.24, 2.45) is 0 Å². The van der Waals surface area contributed by atoms with Crippen molar-refractivity contribution < 1.29 is 4.79 Å². The summed E-state index contributed by atoms with van der Waals surface area (Å²) in [4.78, 5) is 11.7. The second kappa shape index (κ2) is 6.32. The van der Waals surface area contributed by atoms with Crippen LogP contribution in [0.15, 0.2) is 46.9 Å². The molecular weight excluding hydrogens is 394 g/mol. The molecule has 0 fully saturated rings. The molecule has 1 amide bonds. The van der Waals surface area contributed by atoms with Crippen LogP contribution in [0.2, 0.25) is 0 Å². The lowest BCUT2D eigenvalue weighted by Crippen LogP contribution is -2.19. The van der Waals surface area contributed by atoms with Gasteiger partial charge in [-0.2, -0.15) is 0 Å². The molecule has 0 aromatic heterocycles. The largest absolute Gasteiger partial charge is 0.326 e. The topological polar surface area (TPSA) is 29.1 Å². The standard InChI is InChI=1S/C17H15Br2NO/c18-14-3-1-2-11(8-14)9-15(19)12-4-6-16-13(10-12)5-7-17(21)20-16/h1-4,6,8,10,15H,5,7,9H2,(H,20,21). The zero-order valence-electron chi connectivity index (χ0n) is 11.4. The van der Waals surface area contributed by atoms with Crippen LogP contribution in [0.25, 0.3) is 0 Å². The Morgan fingerprint density at radius 1 is 1.14 bits per heavy atom. The lowest BCUT2D eigenvalue weighted by atomic mass is 9.97. The van der Waals surface area contributed by atoms with Gasteiger partial charge in [-0.3, -0.25) is 4.79 Å². The quantitative estimate of drug-likeness (QED) is 0.710. The molecule has 2 aromatic rings. The molecule has 4 heteroatoms. The van der Waals surface area contributed by atoms with Gasteiger partial charge in [0.05, 0.1) is 0 Å². The molecule has 1 unspecified atom stereocenters. The summed E-state index contributed by atoms with van der Waals surface area (Å²) in [7, 11) is 0. The van der Waals surface area contributed by atoms with E-state index in [1.165, 1.54) is 16.7 Å². The monoisotopic (exact) mass is 407 g/mol. The maximum absolute atomic E-state index is 11.4. The maximum atomic E-state index is 11.4. The minimum absolute atomic E-state index is 0.111. The van der Waals surface area contributed by atoms with Crippen molar-refractivity contribution in [3.05, 3.63) is 63.6 Å². The molecule has 0 bridgehead atoms. The van der Waals surface area contributed by atoms with E-state index in [9.17, 15) is 4.79 Å². The highest BCUT2D eigenvalue weighted by molar-refractivity contribution is 9.10. The molecule has 108 valence electrons. The Morgan fingerprint density at radius 2 is 2.00 bits per heavy atom. The molecule has 0 spiro atoms. The summed E-state index contributed by atoms with van der Waals surface area (Å²) in [5.41, 5.74) is 4.73. The number of anilines is 1. The highest BCUT2D eigenvalue weighted by Crippen LogP contribution is 2.32. The zero-order chi connectivity index (χ0) is 14.8. The van der Waals surface area contributed by atoms with Crippen LogP contribution in [-0.4, -0.2) is 5.91 Å². The number of carbonyl (C=O) groups is 1. The van der Waals surface area contributed by atoms with Crippen LogP contribution >= 0.6 is 31.9 Å². The van der Waals surface area contributed by atoms with Gasteiger partial charge in [0.15, 0.2) is 0 Å². The van der Waals surface area contributed by atoms with Gasteiger partial charge in [-0.25, -0.2) is 0 Å². The molecule has 0 saturated heterocycles. The Kier molecular flexibility index (Phi) is 4.45. The van der Waals surface area contributed by atoms with E-state index >= 15 is 0 Å². The number of halogens is 2. The first-order valence-electron chi connectivity index (χ1n) is 6.93. The number of carbonyl (C=O) groups excluding carboxylic acids is 1. The van der Waals surface area contributed by atoms with Gasteiger partial charge < -0.3 is 5.32 Å². The van der Waals surface area contributed by atoms with Crippen molar-refractivity contribution in [3.63, 3.8) is 0 Å². The van der Waals surface area contributed by atoms with Crippen LogP contribution in [0, 0.1) is 0 Å². The van der Waals surface area contributed by atoms with Gasteiger partial charge in [-0.15, -0.1) is 0 Å². The third-order valence-electron chi connectivity index (χ3n) is 3.69. The van der Waals surface area contributed by atoms with Crippen LogP contribution in [-0.2, 0) is 17.6 Å². The molecule has 1 N–H and O–H groups in total. The molecule has 1 aliphatic heterocycles. The molecule has 3 rings (SSSR count). The molecular formula is C17H15Br2NO. The van der Waals surface area contributed by atoms with Crippen molar-refractivity contribution in [2.45, 2.75) is 24.1 Å². The van der Waals surface area contributed by atoms with Gasteiger partial charge >= 0.3 is 0 Å². The molecule has 21 heavy (non-hydrogen) atoms. The van der Waals surface area contributed by atoms with Crippen molar-refractivity contribution in [3.8, 4) is 0 Å². The number of benzene rings is 2. The van der Waals surface area contributed by atoms with Crippen molar-refractivity contribution >= 4 is 43.5 Å². The molecule has 2 nitrogen and oxygen atoms in total. The summed E-state index contributed by atoms with van der Waals surface area (Å²) in [6.07, 6.45) is 2.34. The van der Waals surface area contributed by atoms with Gasteiger partial charge in [0, 0.05) is 21.4 Å². The Morgan fingerprint density at radius 3 is 2.81 bits per heavy atom. The van der Waals surface area contributed by atoms with Gasteiger partial charge in [0.2, 0.25) is 5.91 Å². The highest BCUT2D eigenvalue weighted by atomic mass is 79.9. The van der Waals surface area contributed by atoms with Crippen LogP contribution in [0.4, 0.5) is 5.69 Å². The van der Waals surface area contributed by atoms with Gasteiger partial charge in [-0.05, 0) is 47.7 Å².